The van der Waals surface area contributed by atoms with Crippen LogP contribution in [0.2, 0.25) is 0 Å². The molecule has 1 aromatic rings. The van der Waals surface area contributed by atoms with Crippen molar-refractivity contribution in [3.8, 4) is 0 Å². The summed E-state index contributed by atoms with van der Waals surface area (Å²) < 4.78 is 0. The lowest BCUT2D eigenvalue weighted by molar-refractivity contribution is 0.0933. The summed E-state index contributed by atoms with van der Waals surface area (Å²) in [6, 6.07) is 5.14. The van der Waals surface area contributed by atoms with E-state index in [2.05, 4.69) is 20.8 Å². The minimum absolute atomic E-state index is 0.300. The molecule has 0 aliphatic rings. The number of rotatable bonds is 4. The molecule has 16 heavy (non-hydrogen) atoms. The van der Waals surface area contributed by atoms with Gasteiger partial charge >= 0.3 is 0 Å². The summed E-state index contributed by atoms with van der Waals surface area (Å²) in [7, 11) is 0. The third-order valence-corrected chi connectivity index (χ3v) is 1.74. The smallest absolute Gasteiger partial charge is 0.282 e. The summed E-state index contributed by atoms with van der Waals surface area (Å²) in [5.74, 6) is 0.276. The molecule has 2 N–H and O–H groups in total. The van der Waals surface area contributed by atoms with Crippen LogP contribution in [0.15, 0.2) is 41.3 Å². The third-order valence-electron chi connectivity index (χ3n) is 1.74. The summed E-state index contributed by atoms with van der Waals surface area (Å²) in [4.78, 5) is 19.5. The van der Waals surface area contributed by atoms with E-state index in [-0.39, 0.29) is 5.91 Å². The molecule has 0 bridgehead atoms. The van der Waals surface area contributed by atoms with E-state index in [0.717, 1.165) is 0 Å². The minimum Gasteiger partial charge on any atom is -0.282 e. The second-order valence-corrected chi connectivity index (χ2v) is 2.86. The zero-order chi connectivity index (χ0) is 11.8. The quantitative estimate of drug-likeness (QED) is 0.590. The van der Waals surface area contributed by atoms with Crippen molar-refractivity contribution in [3.63, 3.8) is 0 Å². The van der Waals surface area contributed by atoms with Crippen LogP contribution >= 0.6 is 0 Å². The number of aromatic nitrogens is 1. The van der Waals surface area contributed by atoms with Gasteiger partial charge in [-0.15, -0.1) is 0 Å². The van der Waals surface area contributed by atoms with Gasteiger partial charge in [0, 0.05) is 12.4 Å². The number of allylic oxidation sites excluding steroid dienone is 1. The van der Waals surface area contributed by atoms with E-state index in [1.165, 1.54) is 0 Å². The Kier molecular flexibility index (Phi) is 4.72. The molecule has 0 fully saturated rings. The van der Waals surface area contributed by atoms with Gasteiger partial charge in [-0.2, -0.15) is 0 Å². The lowest BCUT2D eigenvalue weighted by Gasteiger charge is -2.07. The summed E-state index contributed by atoms with van der Waals surface area (Å²) in [6.45, 7) is 3.62. The van der Waals surface area contributed by atoms with Gasteiger partial charge in [-0.3, -0.25) is 20.6 Å². The summed E-state index contributed by atoms with van der Waals surface area (Å²) in [6.07, 6.45) is 4.95. The van der Waals surface area contributed by atoms with Gasteiger partial charge in [-0.1, -0.05) is 6.07 Å². The van der Waals surface area contributed by atoms with Gasteiger partial charge in [-0.25, -0.2) is 4.99 Å². The van der Waals surface area contributed by atoms with E-state index in [9.17, 15) is 4.79 Å². The maximum absolute atomic E-state index is 11.6. The fourth-order valence-electron chi connectivity index (χ4n) is 1.000. The van der Waals surface area contributed by atoms with E-state index in [4.69, 9.17) is 0 Å². The van der Waals surface area contributed by atoms with Gasteiger partial charge in [0.15, 0.2) is 0 Å². The molecule has 5 heteroatoms. The van der Waals surface area contributed by atoms with Crippen molar-refractivity contribution in [2.24, 2.45) is 4.99 Å². The van der Waals surface area contributed by atoms with Crippen LogP contribution in [0.25, 0.3) is 0 Å². The van der Waals surface area contributed by atoms with Gasteiger partial charge in [0.25, 0.3) is 5.91 Å². The summed E-state index contributed by atoms with van der Waals surface area (Å²) in [5.41, 5.74) is 5.55. The average Bonchev–Trinajstić information content (AvgIpc) is 2.35. The van der Waals surface area contributed by atoms with Crippen molar-refractivity contribution >= 4 is 12.1 Å². The van der Waals surface area contributed by atoms with E-state index in [0.29, 0.717) is 11.5 Å². The van der Waals surface area contributed by atoms with Crippen LogP contribution in [0.4, 0.5) is 0 Å². The Balaban J connectivity index is 2.54. The summed E-state index contributed by atoms with van der Waals surface area (Å²) >= 11 is 0. The van der Waals surface area contributed by atoms with E-state index < -0.39 is 0 Å². The molecule has 0 atom stereocenters. The Morgan fingerprint density at radius 1 is 1.38 bits per heavy atom. The highest BCUT2D eigenvalue weighted by Gasteiger charge is 2.04. The molecule has 0 saturated heterocycles. The number of nitrogens with one attached hydrogen (secondary N) is 2. The first-order valence-electron chi connectivity index (χ1n) is 4.90. The van der Waals surface area contributed by atoms with Crippen LogP contribution in [-0.4, -0.2) is 17.1 Å². The van der Waals surface area contributed by atoms with Crippen LogP contribution in [-0.2, 0) is 0 Å². The minimum atomic E-state index is -0.300. The molecule has 1 amide bonds. The molecule has 0 aromatic carbocycles. The topological polar surface area (TPSA) is 66.4 Å². The van der Waals surface area contributed by atoms with Crippen molar-refractivity contribution in [3.05, 3.63) is 42.0 Å². The highest BCUT2D eigenvalue weighted by molar-refractivity contribution is 5.91. The van der Waals surface area contributed by atoms with E-state index in [1.807, 2.05) is 6.92 Å². The molecule has 0 saturated carbocycles. The molecule has 1 aromatic heterocycles. The fraction of sp³-hybridized carbons (Fsp3) is 0.182. The predicted octanol–water partition coefficient (Wildman–Crippen LogP) is 1.27. The van der Waals surface area contributed by atoms with Crippen LogP contribution in [0.5, 0.6) is 0 Å². The van der Waals surface area contributed by atoms with Gasteiger partial charge in [0.1, 0.15) is 11.5 Å². The van der Waals surface area contributed by atoms with Crippen LogP contribution in [0, 0.1) is 0 Å². The van der Waals surface area contributed by atoms with Crippen molar-refractivity contribution < 1.29 is 4.79 Å². The maximum atomic E-state index is 11.6. The molecule has 0 aliphatic carbocycles. The van der Waals surface area contributed by atoms with Gasteiger partial charge in [0.05, 0.1) is 0 Å². The van der Waals surface area contributed by atoms with E-state index in [1.54, 1.807) is 43.6 Å². The molecule has 0 aliphatic heterocycles. The molecule has 84 valence electrons. The lowest BCUT2D eigenvalue weighted by atomic mass is 10.3. The Morgan fingerprint density at radius 2 is 2.19 bits per heavy atom. The normalized spacial score (nSPS) is 11.5. The molecule has 0 radical (unpaired) electrons. The molecule has 0 unspecified atom stereocenters. The van der Waals surface area contributed by atoms with Crippen molar-refractivity contribution in [1.82, 2.24) is 15.8 Å². The number of aliphatic imine (C=N–C) groups is 1. The number of pyridine rings is 1. The number of amides is 1. The standard InChI is InChI=1S/C11H14N4O/c1-3-10(12-4-2)14-15-11(16)9-7-5-6-8-13-9/h3-8,14H,1-2H3,(H,15,16)/b10-3+,12-4-. The molecule has 1 rings (SSSR count). The van der Waals surface area contributed by atoms with Crippen LogP contribution in [0.3, 0.4) is 0 Å². The largest absolute Gasteiger partial charge is 0.288 e. The highest BCUT2D eigenvalue weighted by Crippen LogP contribution is 1.93. The van der Waals surface area contributed by atoms with Crippen molar-refractivity contribution in [2.45, 2.75) is 13.8 Å². The first-order chi connectivity index (χ1) is 7.77. The molecule has 1 heterocycles. The first-order valence-corrected chi connectivity index (χ1v) is 4.90. The SMILES string of the molecule is C/C=N\C(=C/C)NNC(=O)c1ccccn1. The second-order valence-electron chi connectivity index (χ2n) is 2.86. The van der Waals surface area contributed by atoms with Crippen LogP contribution < -0.4 is 10.9 Å². The molecular formula is C11H14N4O. The molecular weight excluding hydrogens is 204 g/mol. The Morgan fingerprint density at radius 3 is 2.75 bits per heavy atom. The fourth-order valence-corrected chi connectivity index (χ4v) is 1.000. The Bertz CT molecular complexity index is 398. The zero-order valence-electron chi connectivity index (χ0n) is 9.27. The van der Waals surface area contributed by atoms with Crippen molar-refractivity contribution in [1.29, 1.82) is 0 Å². The monoisotopic (exact) mass is 218 g/mol. The molecule has 0 spiro atoms. The van der Waals surface area contributed by atoms with Crippen LogP contribution in [0.1, 0.15) is 24.3 Å². The Labute approximate surface area is 94.3 Å². The Hall–Kier alpha value is -2.17. The number of nitrogens with zero attached hydrogens (tertiary/aromatic N) is 2. The second kappa shape index (κ2) is 6.34. The first kappa shape index (κ1) is 11.9. The van der Waals surface area contributed by atoms with Gasteiger partial charge in [-0.05, 0) is 32.1 Å². The lowest BCUT2D eigenvalue weighted by Crippen LogP contribution is -2.36. The zero-order valence-corrected chi connectivity index (χ0v) is 9.27. The summed E-state index contributed by atoms with van der Waals surface area (Å²) in [5, 5.41) is 0. The number of carbonyl (C=O) groups excluding carboxylic acids is 1. The molecule has 5 nitrogen and oxygen atoms in total. The van der Waals surface area contributed by atoms with Crippen molar-refractivity contribution in [2.75, 3.05) is 0 Å². The van der Waals surface area contributed by atoms with Gasteiger partial charge < -0.3 is 0 Å². The number of carbonyl (C=O) groups is 1. The third kappa shape index (κ3) is 3.53. The number of hydrogen-bond donors (Lipinski definition) is 2. The average molecular weight is 218 g/mol. The highest BCUT2D eigenvalue weighted by atomic mass is 16.2. The number of hydrazine groups is 1. The van der Waals surface area contributed by atoms with Gasteiger partial charge in [0.2, 0.25) is 0 Å². The maximum Gasteiger partial charge on any atom is 0.288 e. The predicted molar refractivity (Wildman–Crippen MR) is 62.8 cm³/mol. The number of hydrogen-bond acceptors (Lipinski definition) is 4. The van der Waals surface area contributed by atoms with E-state index >= 15 is 0 Å².